The number of hydrogen-bond acceptors (Lipinski definition) is 5. The zero-order chi connectivity index (χ0) is 14.7. The van der Waals surface area contributed by atoms with E-state index in [1.807, 2.05) is 0 Å². The molecular weight excluding hydrogens is 270 g/mol. The number of aromatic amines is 1. The summed E-state index contributed by atoms with van der Waals surface area (Å²) < 4.78 is 6.79. The van der Waals surface area contributed by atoms with Crippen molar-refractivity contribution in [3.05, 3.63) is 16.3 Å². The standard InChI is InChI=1S/C14H25N5O2/c1-17-14(20)15-13(16-17)11-19-5-3-2-4-12(19)10-18-6-8-21-9-7-18/h12H,2-11H2,1H3,(H,15,16,20). The Hall–Kier alpha value is -1.18. The summed E-state index contributed by atoms with van der Waals surface area (Å²) in [5.74, 6) is 0.774. The Labute approximate surface area is 124 Å². The second-order valence-electron chi connectivity index (χ2n) is 6.03. The normalized spacial score (nSPS) is 25.3. The molecule has 1 aromatic heterocycles. The Kier molecular flexibility index (Phi) is 4.72. The minimum Gasteiger partial charge on any atom is -0.379 e. The van der Waals surface area contributed by atoms with Gasteiger partial charge in [-0.3, -0.25) is 14.8 Å². The van der Waals surface area contributed by atoms with Crippen LogP contribution in [0.15, 0.2) is 4.79 Å². The van der Waals surface area contributed by atoms with Crippen LogP contribution >= 0.6 is 0 Å². The Morgan fingerprint density at radius 2 is 2.10 bits per heavy atom. The first-order chi connectivity index (χ1) is 10.2. The fraction of sp³-hybridized carbons (Fsp3) is 0.857. The number of likely N-dealkylation sites (tertiary alicyclic amines) is 1. The third kappa shape index (κ3) is 3.72. The zero-order valence-corrected chi connectivity index (χ0v) is 12.8. The van der Waals surface area contributed by atoms with Crippen molar-refractivity contribution in [1.29, 1.82) is 0 Å². The number of aromatic nitrogens is 3. The van der Waals surface area contributed by atoms with Crippen LogP contribution in [0.2, 0.25) is 0 Å². The van der Waals surface area contributed by atoms with Crippen LogP contribution in [0.25, 0.3) is 0 Å². The van der Waals surface area contributed by atoms with Gasteiger partial charge in [-0.1, -0.05) is 6.42 Å². The number of nitrogens with zero attached hydrogens (tertiary/aromatic N) is 4. The van der Waals surface area contributed by atoms with Crippen LogP contribution in [0.1, 0.15) is 25.1 Å². The molecule has 0 amide bonds. The summed E-state index contributed by atoms with van der Waals surface area (Å²) in [5, 5.41) is 4.26. The molecule has 3 rings (SSSR count). The number of H-pyrrole nitrogens is 1. The van der Waals surface area contributed by atoms with Gasteiger partial charge in [0.2, 0.25) is 0 Å². The van der Waals surface area contributed by atoms with Crippen LogP contribution in [0.3, 0.4) is 0 Å². The molecule has 7 nitrogen and oxygen atoms in total. The van der Waals surface area contributed by atoms with E-state index in [2.05, 4.69) is 19.9 Å². The minimum atomic E-state index is -0.133. The molecule has 0 aliphatic carbocycles. The van der Waals surface area contributed by atoms with Crippen LogP contribution in [-0.4, -0.2) is 70.0 Å². The minimum absolute atomic E-state index is 0.133. The highest BCUT2D eigenvalue weighted by Crippen LogP contribution is 2.19. The lowest BCUT2D eigenvalue weighted by Gasteiger charge is -2.39. The lowest BCUT2D eigenvalue weighted by atomic mass is 10.0. The average molecular weight is 295 g/mol. The molecule has 2 fully saturated rings. The van der Waals surface area contributed by atoms with Gasteiger partial charge in [-0.2, -0.15) is 5.10 Å². The van der Waals surface area contributed by atoms with Gasteiger partial charge in [0, 0.05) is 32.7 Å². The maximum absolute atomic E-state index is 11.5. The molecule has 118 valence electrons. The second-order valence-corrected chi connectivity index (χ2v) is 6.03. The second kappa shape index (κ2) is 6.72. The van der Waals surface area contributed by atoms with Crippen molar-refractivity contribution >= 4 is 0 Å². The maximum atomic E-state index is 11.5. The number of piperidine rings is 1. The Bertz CT molecular complexity index is 506. The highest BCUT2D eigenvalue weighted by Gasteiger charge is 2.26. The van der Waals surface area contributed by atoms with Crippen LogP contribution in [0.5, 0.6) is 0 Å². The van der Waals surface area contributed by atoms with E-state index >= 15 is 0 Å². The summed E-state index contributed by atoms with van der Waals surface area (Å²) in [7, 11) is 1.68. The zero-order valence-electron chi connectivity index (χ0n) is 12.8. The van der Waals surface area contributed by atoms with E-state index in [0.29, 0.717) is 6.04 Å². The van der Waals surface area contributed by atoms with E-state index in [9.17, 15) is 4.79 Å². The molecule has 2 saturated heterocycles. The van der Waals surface area contributed by atoms with Gasteiger partial charge in [0.1, 0.15) is 5.82 Å². The average Bonchev–Trinajstić information content (AvgIpc) is 2.80. The summed E-state index contributed by atoms with van der Waals surface area (Å²) in [4.78, 5) is 19.3. The topological polar surface area (TPSA) is 66.4 Å². The Morgan fingerprint density at radius 3 is 2.81 bits per heavy atom. The number of aryl methyl sites for hydroxylation is 1. The van der Waals surface area contributed by atoms with E-state index in [-0.39, 0.29) is 5.69 Å². The smallest absolute Gasteiger partial charge is 0.343 e. The lowest BCUT2D eigenvalue weighted by molar-refractivity contribution is 0.0149. The molecule has 0 saturated carbocycles. The summed E-state index contributed by atoms with van der Waals surface area (Å²) in [5.41, 5.74) is -0.133. The van der Waals surface area contributed by atoms with Gasteiger partial charge < -0.3 is 4.74 Å². The van der Waals surface area contributed by atoms with Gasteiger partial charge in [-0.25, -0.2) is 9.48 Å². The van der Waals surface area contributed by atoms with Crippen molar-refractivity contribution in [1.82, 2.24) is 24.6 Å². The lowest BCUT2D eigenvalue weighted by Crippen LogP contribution is -2.49. The number of rotatable bonds is 4. The largest absolute Gasteiger partial charge is 0.379 e. The molecule has 2 aliphatic heterocycles. The van der Waals surface area contributed by atoms with Crippen LogP contribution in [0.4, 0.5) is 0 Å². The molecule has 1 atom stereocenters. The highest BCUT2D eigenvalue weighted by molar-refractivity contribution is 4.87. The fourth-order valence-electron chi connectivity index (χ4n) is 3.28. The summed E-state index contributed by atoms with van der Waals surface area (Å²) in [6.07, 6.45) is 3.76. The van der Waals surface area contributed by atoms with Gasteiger partial charge in [-0.15, -0.1) is 0 Å². The molecule has 7 heteroatoms. The van der Waals surface area contributed by atoms with Gasteiger partial charge in [0.05, 0.1) is 19.8 Å². The third-order valence-electron chi connectivity index (χ3n) is 4.49. The molecule has 21 heavy (non-hydrogen) atoms. The molecule has 1 N–H and O–H groups in total. The summed E-state index contributed by atoms with van der Waals surface area (Å²) in [6.45, 7) is 6.69. The number of morpholine rings is 1. The van der Waals surface area contributed by atoms with Crippen molar-refractivity contribution in [2.45, 2.75) is 31.8 Å². The number of ether oxygens (including phenoxy) is 1. The molecule has 0 spiro atoms. The van der Waals surface area contributed by atoms with Crippen molar-refractivity contribution in [2.75, 3.05) is 39.4 Å². The molecule has 2 aliphatic rings. The van der Waals surface area contributed by atoms with Crippen molar-refractivity contribution < 1.29 is 4.74 Å². The summed E-state index contributed by atoms with van der Waals surface area (Å²) in [6, 6.07) is 0.558. The molecule has 1 unspecified atom stereocenters. The van der Waals surface area contributed by atoms with E-state index < -0.39 is 0 Å². The van der Waals surface area contributed by atoms with E-state index in [1.54, 1.807) is 7.05 Å². The van der Waals surface area contributed by atoms with E-state index in [4.69, 9.17) is 4.74 Å². The first kappa shape index (κ1) is 14.7. The Morgan fingerprint density at radius 1 is 1.29 bits per heavy atom. The highest BCUT2D eigenvalue weighted by atomic mass is 16.5. The molecule has 0 bridgehead atoms. The third-order valence-corrected chi connectivity index (χ3v) is 4.49. The quantitative estimate of drug-likeness (QED) is 0.833. The molecule has 0 aromatic carbocycles. The van der Waals surface area contributed by atoms with Crippen LogP contribution < -0.4 is 5.69 Å². The monoisotopic (exact) mass is 295 g/mol. The first-order valence-corrected chi connectivity index (χ1v) is 7.89. The number of hydrogen-bond donors (Lipinski definition) is 1. The predicted octanol–water partition coefficient (Wildman–Crippen LogP) is -0.205. The number of nitrogens with one attached hydrogen (secondary N) is 1. The Balaban J connectivity index is 1.61. The van der Waals surface area contributed by atoms with Crippen molar-refractivity contribution in [3.8, 4) is 0 Å². The predicted molar refractivity (Wildman–Crippen MR) is 79.1 cm³/mol. The van der Waals surface area contributed by atoms with Crippen LogP contribution in [0, 0.1) is 0 Å². The van der Waals surface area contributed by atoms with Gasteiger partial charge in [0.15, 0.2) is 0 Å². The molecular formula is C14H25N5O2. The molecule has 1 aromatic rings. The van der Waals surface area contributed by atoms with Gasteiger partial charge in [0.25, 0.3) is 0 Å². The molecule has 3 heterocycles. The van der Waals surface area contributed by atoms with E-state index in [0.717, 1.165) is 51.8 Å². The van der Waals surface area contributed by atoms with E-state index in [1.165, 1.54) is 23.9 Å². The van der Waals surface area contributed by atoms with Crippen molar-refractivity contribution in [2.24, 2.45) is 7.05 Å². The molecule has 0 radical (unpaired) electrons. The van der Waals surface area contributed by atoms with Gasteiger partial charge >= 0.3 is 5.69 Å². The van der Waals surface area contributed by atoms with Crippen LogP contribution in [-0.2, 0) is 18.3 Å². The van der Waals surface area contributed by atoms with Gasteiger partial charge in [-0.05, 0) is 19.4 Å². The fourth-order valence-corrected chi connectivity index (χ4v) is 3.28. The first-order valence-electron chi connectivity index (χ1n) is 7.89. The summed E-state index contributed by atoms with van der Waals surface area (Å²) >= 11 is 0. The van der Waals surface area contributed by atoms with Crippen molar-refractivity contribution in [3.63, 3.8) is 0 Å². The maximum Gasteiger partial charge on any atom is 0.343 e. The SMILES string of the molecule is Cn1nc(CN2CCCCC2CN2CCOCC2)[nH]c1=O.